The molecule has 0 amide bonds. The van der Waals surface area contributed by atoms with Gasteiger partial charge in [-0.15, -0.1) is 0 Å². The van der Waals surface area contributed by atoms with Gasteiger partial charge in [0.05, 0.1) is 31.3 Å². The first-order valence-corrected chi connectivity index (χ1v) is 15.5. The number of nitrogens with one attached hydrogen (secondary N) is 2. The first-order valence-electron chi connectivity index (χ1n) is 14.0. The molecule has 244 valence electrons. The van der Waals surface area contributed by atoms with Crippen LogP contribution in [0.2, 0.25) is 5.02 Å². The molecule has 1 aliphatic heterocycles. The van der Waals surface area contributed by atoms with E-state index in [-0.39, 0.29) is 36.4 Å². The van der Waals surface area contributed by atoms with Crippen LogP contribution in [0.25, 0.3) is 0 Å². The van der Waals surface area contributed by atoms with Crippen molar-refractivity contribution >= 4 is 43.6 Å². The minimum Gasteiger partial charge on any atom is -0.459 e. The zero-order chi connectivity index (χ0) is 32.6. The molecule has 0 spiro atoms. The zero-order valence-electron chi connectivity index (χ0n) is 24.7. The van der Waals surface area contributed by atoms with Gasteiger partial charge >= 0.3 is 20.7 Å². The van der Waals surface area contributed by atoms with Gasteiger partial charge in [-0.1, -0.05) is 36.4 Å². The summed E-state index contributed by atoms with van der Waals surface area (Å²) in [5.74, 6) is 0.595. The summed E-state index contributed by atoms with van der Waals surface area (Å²) in [5.41, 5.74) is 5.17. The quantitative estimate of drug-likeness (QED) is 0.112. The molecule has 1 aromatic heterocycles. The van der Waals surface area contributed by atoms with Crippen molar-refractivity contribution in [2.45, 2.75) is 50.0 Å². The van der Waals surface area contributed by atoms with Crippen molar-refractivity contribution < 1.29 is 36.5 Å². The average Bonchev–Trinajstić information content (AvgIpc) is 3.66. The van der Waals surface area contributed by atoms with Gasteiger partial charge in [0.25, 0.3) is 0 Å². The van der Waals surface area contributed by atoms with Crippen molar-refractivity contribution in [2.75, 3.05) is 42.9 Å². The number of esters is 1. The van der Waals surface area contributed by atoms with Crippen LogP contribution in [0.4, 0.5) is 30.6 Å². The number of fused-ring (bicyclic) bond motifs is 1. The van der Waals surface area contributed by atoms with Gasteiger partial charge in [-0.25, -0.2) is 10.1 Å². The number of nitrogens with two attached hydrogens (primary N) is 1. The second-order valence-electron chi connectivity index (χ2n) is 10.4. The third-order valence-electron chi connectivity index (χ3n) is 6.96. The van der Waals surface area contributed by atoms with Gasteiger partial charge in [0.15, 0.2) is 5.82 Å². The third-order valence-corrected chi connectivity index (χ3v) is 8.58. The van der Waals surface area contributed by atoms with Crippen molar-refractivity contribution in [2.24, 2.45) is 0 Å². The number of hydrogen-bond donors (Lipinski definition) is 3. The average molecular weight is 671 g/mol. The number of carbonyl (C=O) groups is 1. The molecule has 1 fully saturated rings. The molecule has 3 atom stereocenters. The monoisotopic (exact) mass is 670 g/mol. The van der Waals surface area contributed by atoms with E-state index in [1.54, 1.807) is 37.6 Å². The normalized spacial score (nSPS) is 17.7. The highest BCUT2D eigenvalue weighted by Crippen LogP contribution is 2.47. The van der Waals surface area contributed by atoms with Gasteiger partial charge in [0.1, 0.15) is 17.9 Å². The fourth-order valence-electron chi connectivity index (χ4n) is 4.39. The number of methoxy groups -OCH3 is 1. The summed E-state index contributed by atoms with van der Waals surface area (Å²) in [4.78, 5) is 23.5. The summed E-state index contributed by atoms with van der Waals surface area (Å²) in [6.07, 6.45) is 1.92. The van der Waals surface area contributed by atoms with Crippen LogP contribution in [0.1, 0.15) is 26.2 Å². The van der Waals surface area contributed by atoms with Crippen LogP contribution in [0, 0.1) is 0 Å². The molecule has 4 rings (SSSR count). The van der Waals surface area contributed by atoms with Gasteiger partial charge in [-0.3, -0.25) is 4.79 Å². The smallest absolute Gasteiger partial charge is 0.410 e. The predicted octanol–water partition coefficient (Wildman–Crippen LogP) is 5.91. The molecule has 1 aromatic carbocycles. The summed E-state index contributed by atoms with van der Waals surface area (Å²) >= 11 is 6.02. The lowest BCUT2D eigenvalue weighted by molar-refractivity contribution is -0.146. The molecule has 11 nitrogen and oxygen atoms in total. The van der Waals surface area contributed by atoms with E-state index in [1.807, 2.05) is 11.8 Å². The second kappa shape index (κ2) is 15.2. The molecule has 2 aromatic rings. The lowest BCUT2D eigenvalue weighted by Gasteiger charge is -2.29. The highest BCUT2D eigenvalue weighted by Gasteiger charge is 2.54. The molecular formula is C29H35ClF3N6O5P. The van der Waals surface area contributed by atoms with Crippen LogP contribution in [0.3, 0.4) is 0 Å². The number of nitrogen functional groups attached to an aromatic ring is 1. The standard InChI is InChI=1S/C29H35ClF3N6O5P/c1-4-5-6-20(14-29(31,32)33)16-42-26(40)28(11-12-28)38-45(44-22-9-7-21(30)8-10-22)43-17-23(41-3)13-19(2)39-18-36-24-15-35-27(34)37-25(24)39/h4-10,14-15,19,23,36,38H,1,11-13,16-18H2,2-3H3,(H2,34,35,37)/b6-5-,20-14-. The summed E-state index contributed by atoms with van der Waals surface area (Å²) < 4.78 is 62.2. The maximum absolute atomic E-state index is 13.1. The van der Waals surface area contributed by atoms with Gasteiger partial charge in [-0.05, 0) is 56.0 Å². The minimum atomic E-state index is -4.58. The van der Waals surface area contributed by atoms with E-state index in [0.29, 0.717) is 42.5 Å². The van der Waals surface area contributed by atoms with Crippen molar-refractivity contribution in [3.63, 3.8) is 0 Å². The summed E-state index contributed by atoms with van der Waals surface area (Å²) in [6.45, 7) is 5.53. The number of alkyl halides is 3. The van der Waals surface area contributed by atoms with Crippen LogP contribution >= 0.6 is 20.1 Å². The first-order chi connectivity index (χ1) is 21.4. The Balaban J connectivity index is 1.41. The number of hydrogen-bond acceptors (Lipinski definition) is 11. The van der Waals surface area contributed by atoms with E-state index in [9.17, 15) is 18.0 Å². The molecular weight excluding hydrogens is 636 g/mol. The van der Waals surface area contributed by atoms with Crippen molar-refractivity contribution in [3.8, 4) is 5.75 Å². The van der Waals surface area contributed by atoms with Gasteiger partial charge in [0.2, 0.25) is 5.95 Å². The molecule has 1 saturated carbocycles. The maximum Gasteiger partial charge on any atom is 0.410 e. The number of nitrogens with zero attached hydrogens (tertiary/aromatic N) is 3. The lowest BCUT2D eigenvalue weighted by Crippen LogP contribution is -2.40. The number of benzene rings is 1. The van der Waals surface area contributed by atoms with E-state index >= 15 is 0 Å². The van der Waals surface area contributed by atoms with Gasteiger partial charge in [0, 0.05) is 24.3 Å². The predicted molar refractivity (Wildman–Crippen MR) is 167 cm³/mol. The Morgan fingerprint density at radius 3 is 2.71 bits per heavy atom. The van der Waals surface area contributed by atoms with E-state index in [4.69, 9.17) is 35.9 Å². The fraction of sp³-hybridized carbons (Fsp3) is 0.414. The molecule has 2 heterocycles. The first kappa shape index (κ1) is 34.5. The summed E-state index contributed by atoms with van der Waals surface area (Å²) in [5, 5.41) is 6.87. The molecule has 45 heavy (non-hydrogen) atoms. The maximum atomic E-state index is 13.1. The van der Waals surface area contributed by atoms with E-state index < -0.39 is 32.8 Å². The van der Waals surface area contributed by atoms with Gasteiger partial charge < -0.3 is 34.5 Å². The van der Waals surface area contributed by atoms with Crippen LogP contribution in [-0.2, 0) is 18.8 Å². The van der Waals surface area contributed by atoms with Crippen LogP contribution in [0.5, 0.6) is 5.75 Å². The molecule has 2 aliphatic rings. The zero-order valence-corrected chi connectivity index (χ0v) is 26.4. The third kappa shape index (κ3) is 10.0. The number of aromatic nitrogens is 2. The Bertz CT molecular complexity index is 1390. The Kier molecular flexibility index (Phi) is 11.7. The van der Waals surface area contributed by atoms with E-state index in [0.717, 1.165) is 5.69 Å². The second-order valence-corrected chi connectivity index (χ2v) is 12.1. The molecule has 1 aliphatic carbocycles. The number of ether oxygens (including phenoxy) is 2. The van der Waals surface area contributed by atoms with E-state index in [2.05, 4.69) is 27.0 Å². The van der Waals surface area contributed by atoms with E-state index in [1.165, 1.54) is 18.2 Å². The molecule has 16 heteroatoms. The molecule has 4 N–H and O–H groups in total. The van der Waals surface area contributed by atoms with Gasteiger partial charge in [-0.2, -0.15) is 18.2 Å². The number of allylic oxidation sites excluding steroid dienone is 3. The van der Waals surface area contributed by atoms with Crippen molar-refractivity contribution in [1.82, 2.24) is 15.1 Å². The Morgan fingerprint density at radius 1 is 1.33 bits per heavy atom. The minimum absolute atomic E-state index is 0.0307. The highest BCUT2D eigenvalue weighted by atomic mass is 35.5. The van der Waals surface area contributed by atoms with Crippen LogP contribution < -0.4 is 25.6 Å². The Labute approximate surface area is 265 Å². The van der Waals surface area contributed by atoms with Crippen molar-refractivity contribution in [1.29, 1.82) is 0 Å². The summed E-state index contributed by atoms with van der Waals surface area (Å²) in [7, 11) is -0.372. The highest BCUT2D eigenvalue weighted by molar-refractivity contribution is 7.45. The Hall–Kier alpha value is -3.42. The fourth-order valence-corrected chi connectivity index (χ4v) is 5.96. The number of rotatable bonds is 16. The largest absolute Gasteiger partial charge is 0.459 e. The van der Waals surface area contributed by atoms with Crippen molar-refractivity contribution in [3.05, 3.63) is 71.9 Å². The lowest BCUT2D eigenvalue weighted by atomic mass is 10.1. The van der Waals surface area contributed by atoms with Crippen LogP contribution in [-0.4, -0.2) is 66.8 Å². The van der Waals surface area contributed by atoms with Crippen LogP contribution in [0.15, 0.2) is 66.9 Å². The summed E-state index contributed by atoms with van der Waals surface area (Å²) in [6, 6.07) is 6.57. The SMILES string of the molecule is C=C/C=C\C(=C\C(F)(F)F)COC(=O)C1(NP(OCC(CC(C)N2CNc3cnc(N)nc32)OC)Oc2ccc(Cl)cc2)CC1. The number of carbonyl (C=O) groups excluding carboxylic acids is 1. The molecule has 3 unspecified atom stereocenters. The molecule has 0 bridgehead atoms. The Morgan fingerprint density at radius 2 is 2.07 bits per heavy atom. The number of halogens is 4. The topological polar surface area (TPSA) is 133 Å². The number of anilines is 3. The molecule has 0 saturated heterocycles. The molecule has 0 radical (unpaired) electrons.